The van der Waals surface area contributed by atoms with Gasteiger partial charge in [0.2, 0.25) is 5.91 Å². The van der Waals surface area contributed by atoms with Gasteiger partial charge in [0.05, 0.1) is 5.92 Å². The summed E-state index contributed by atoms with van der Waals surface area (Å²) in [5, 5.41) is 0.556. The number of aryl methyl sites for hydroxylation is 1. The topological polar surface area (TPSA) is 46.6 Å². The number of amides is 1. The van der Waals surface area contributed by atoms with Gasteiger partial charge in [-0.2, -0.15) is 0 Å². The Morgan fingerprint density at radius 3 is 2.65 bits per heavy atom. The first-order valence-electron chi connectivity index (χ1n) is 7.37. The lowest BCUT2D eigenvalue weighted by Crippen LogP contribution is -2.27. The van der Waals surface area contributed by atoms with Gasteiger partial charge in [-0.3, -0.25) is 9.59 Å². The number of rotatable bonds is 3. The zero-order valence-electron chi connectivity index (χ0n) is 12.7. The molecule has 1 fully saturated rings. The van der Waals surface area contributed by atoms with E-state index < -0.39 is 5.92 Å². The van der Waals surface area contributed by atoms with Gasteiger partial charge in [0, 0.05) is 23.7 Å². The fraction of sp³-hybridized carbons (Fsp3) is 0.222. The highest BCUT2D eigenvalue weighted by Crippen LogP contribution is 2.28. The van der Waals surface area contributed by atoms with Crippen LogP contribution in [-0.4, -0.2) is 18.4 Å². The van der Waals surface area contributed by atoms with Crippen molar-refractivity contribution in [2.24, 2.45) is 5.92 Å². The fourth-order valence-corrected chi connectivity index (χ4v) is 2.75. The van der Waals surface area contributed by atoms with Gasteiger partial charge in [-0.05, 0) is 37.3 Å². The molecule has 23 heavy (non-hydrogen) atoms. The molecule has 1 atom stereocenters. The first-order valence-corrected chi connectivity index (χ1v) is 7.75. The van der Waals surface area contributed by atoms with E-state index in [2.05, 4.69) is 0 Å². The molecule has 0 saturated carbocycles. The zero-order chi connectivity index (χ0) is 16.4. The molecule has 0 aliphatic carbocycles. The lowest BCUT2D eigenvalue weighted by atomic mass is 10.1. The van der Waals surface area contributed by atoms with E-state index in [0.29, 0.717) is 23.0 Å². The third kappa shape index (κ3) is 3.54. The van der Waals surface area contributed by atoms with Crippen molar-refractivity contribution in [1.29, 1.82) is 0 Å². The third-order valence-corrected chi connectivity index (χ3v) is 4.05. The van der Waals surface area contributed by atoms with Crippen LogP contribution in [0.4, 0.5) is 5.69 Å². The van der Waals surface area contributed by atoms with E-state index in [1.807, 2.05) is 19.1 Å². The van der Waals surface area contributed by atoms with Gasteiger partial charge in [0.1, 0.15) is 5.75 Å². The minimum absolute atomic E-state index is 0.0990. The van der Waals surface area contributed by atoms with Gasteiger partial charge in [-0.25, -0.2) is 0 Å². The molecule has 1 aliphatic heterocycles. The van der Waals surface area contributed by atoms with Crippen LogP contribution in [0.1, 0.15) is 12.0 Å². The van der Waals surface area contributed by atoms with Gasteiger partial charge in [0.25, 0.3) is 0 Å². The van der Waals surface area contributed by atoms with E-state index in [1.54, 1.807) is 41.3 Å². The van der Waals surface area contributed by atoms with Crippen LogP contribution in [-0.2, 0) is 9.59 Å². The predicted molar refractivity (Wildman–Crippen MR) is 88.7 cm³/mol. The molecule has 1 heterocycles. The second kappa shape index (κ2) is 6.42. The Balaban J connectivity index is 1.69. The molecular weight excluding hydrogens is 314 g/mol. The summed E-state index contributed by atoms with van der Waals surface area (Å²) in [6.07, 6.45) is 0.150. The number of benzene rings is 2. The Kier molecular flexibility index (Phi) is 4.35. The molecule has 2 aromatic rings. The van der Waals surface area contributed by atoms with E-state index >= 15 is 0 Å². The molecule has 118 valence electrons. The molecule has 0 N–H and O–H groups in total. The van der Waals surface area contributed by atoms with Crippen molar-refractivity contribution >= 4 is 29.2 Å². The normalized spacial score (nSPS) is 17.4. The van der Waals surface area contributed by atoms with Crippen molar-refractivity contribution < 1.29 is 14.3 Å². The van der Waals surface area contributed by atoms with Crippen LogP contribution >= 0.6 is 11.6 Å². The maximum absolute atomic E-state index is 12.3. The molecule has 2 aromatic carbocycles. The molecule has 0 radical (unpaired) electrons. The van der Waals surface area contributed by atoms with Gasteiger partial charge in [0.15, 0.2) is 0 Å². The van der Waals surface area contributed by atoms with Crippen molar-refractivity contribution in [3.63, 3.8) is 0 Å². The Morgan fingerprint density at radius 2 is 1.96 bits per heavy atom. The van der Waals surface area contributed by atoms with Crippen molar-refractivity contribution in [3.05, 3.63) is 59.1 Å². The average molecular weight is 330 g/mol. The van der Waals surface area contributed by atoms with Crippen molar-refractivity contribution in [1.82, 2.24) is 0 Å². The van der Waals surface area contributed by atoms with Crippen LogP contribution in [0.5, 0.6) is 5.75 Å². The number of hydrogen-bond acceptors (Lipinski definition) is 3. The highest BCUT2D eigenvalue weighted by molar-refractivity contribution is 6.30. The number of carbonyl (C=O) groups is 2. The standard InChI is InChI=1S/C18H16ClNO3/c1-12-5-7-16(8-6-12)23-18(22)13-9-17(21)20(11-13)15-4-2-3-14(19)10-15/h2-8,10,13H,9,11H2,1H3. The van der Waals surface area contributed by atoms with Crippen LogP contribution in [0.3, 0.4) is 0 Å². The van der Waals surface area contributed by atoms with Crippen LogP contribution < -0.4 is 9.64 Å². The molecule has 1 unspecified atom stereocenters. The number of ether oxygens (including phenoxy) is 1. The van der Waals surface area contributed by atoms with Crippen molar-refractivity contribution in [2.75, 3.05) is 11.4 Å². The van der Waals surface area contributed by atoms with E-state index in [-0.39, 0.29) is 18.3 Å². The molecule has 3 rings (SSSR count). The Labute approximate surface area is 139 Å². The quantitative estimate of drug-likeness (QED) is 0.638. The second-order valence-corrected chi connectivity index (χ2v) is 6.06. The SMILES string of the molecule is Cc1ccc(OC(=O)C2CC(=O)N(c3cccc(Cl)c3)C2)cc1. The molecule has 1 saturated heterocycles. The summed E-state index contributed by atoms with van der Waals surface area (Å²) in [7, 11) is 0. The molecule has 1 amide bonds. The second-order valence-electron chi connectivity index (χ2n) is 5.62. The van der Waals surface area contributed by atoms with E-state index in [4.69, 9.17) is 16.3 Å². The van der Waals surface area contributed by atoms with Crippen LogP contribution in [0.15, 0.2) is 48.5 Å². The number of anilines is 1. The largest absolute Gasteiger partial charge is 0.426 e. The van der Waals surface area contributed by atoms with Crippen molar-refractivity contribution in [2.45, 2.75) is 13.3 Å². The molecule has 0 bridgehead atoms. The summed E-state index contributed by atoms with van der Waals surface area (Å²) in [5.41, 5.74) is 1.79. The van der Waals surface area contributed by atoms with Gasteiger partial charge >= 0.3 is 5.97 Å². The highest BCUT2D eigenvalue weighted by atomic mass is 35.5. The minimum atomic E-state index is -0.470. The summed E-state index contributed by atoms with van der Waals surface area (Å²) in [5.74, 6) is -0.457. The number of carbonyl (C=O) groups excluding carboxylic acids is 2. The van der Waals surface area contributed by atoms with Crippen LogP contribution in [0, 0.1) is 12.8 Å². The fourth-order valence-electron chi connectivity index (χ4n) is 2.56. The maximum Gasteiger partial charge on any atom is 0.316 e. The first-order chi connectivity index (χ1) is 11.0. The molecule has 1 aliphatic rings. The lowest BCUT2D eigenvalue weighted by Gasteiger charge is -2.16. The molecule has 4 nitrogen and oxygen atoms in total. The van der Waals surface area contributed by atoms with Gasteiger partial charge in [-0.1, -0.05) is 35.4 Å². The summed E-state index contributed by atoms with van der Waals surface area (Å²) in [6, 6.07) is 14.3. The number of halogens is 1. The molecule has 0 spiro atoms. The zero-order valence-corrected chi connectivity index (χ0v) is 13.4. The van der Waals surface area contributed by atoms with Gasteiger partial charge in [-0.15, -0.1) is 0 Å². The van der Waals surface area contributed by atoms with Gasteiger partial charge < -0.3 is 9.64 Å². The molecular formula is C18H16ClNO3. The van der Waals surface area contributed by atoms with Crippen LogP contribution in [0.2, 0.25) is 5.02 Å². The Hall–Kier alpha value is -2.33. The Morgan fingerprint density at radius 1 is 1.22 bits per heavy atom. The van der Waals surface area contributed by atoms with Crippen LogP contribution in [0.25, 0.3) is 0 Å². The monoisotopic (exact) mass is 329 g/mol. The highest BCUT2D eigenvalue weighted by Gasteiger charge is 2.36. The molecule has 0 aromatic heterocycles. The number of esters is 1. The van der Waals surface area contributed by atoms with E-state index in [1.165, 1.54) is 0 Å². The average Bonchev–Trinajstić information content (AvgIpc) is 2.92. The van der Waals surface area contributed by atoms with Crippen molar-refractivity contribution in [3.8, 4) is 5.75 Å². The summed E-state index contributed by atoms with van der Waals surface area (Å²) in [6.45, 7) is 2.27. The third-order valence-electron chi connectivity index (χ3n) is 3.82. The summed E-state index contributed by atoms with van der Waals surface area (Å²) < 4.78 is 5.37. The van der Waals surface area contributed by atoms with E-state index in [0.717, 1.165) is 5.56 Å². The summed E-state index contributed by atoms with van der Waals surface area (Å²) in [4.78, 5) is 26.0. The maximum atomic E-state index is 12.3. The number of hydrogen-bond donors (Lipinski definition) is 0. The smallest absolute Gasteiger partial charge is 0.316 e. The minimum Gasteiger partial charge on any atom is -0.426 e. The summed E-state index contributed by atoms with van der Waals surface area (Å²) >= 11 is 5.96. The number of nitrogens with zero attached hydrogens (tertiary/aromatic N) is 1. The first kappa shape index (κ1) is 15.6. The predicted octanol–water partition coefficient (Wildman–Crippen LogP) is 3.61. The molecule has 5 heteroatoms. The van der Waals surface area contributed by atoms with E-state index in [9.17, 15) is 9.59 Å². The lowest BCUT2D eigenvalue weighted by molar-refractivity contribution is -0.139. The Bertz CT molecular complexity index is 742.